The van der Waals surface area contributed by atoms with E-state index in [9.17, 15) is 4.79 Å². The van der Waals surface area contributed by atoms with Gasteiger partial charge in [0.1, 0.15) is 5.65 Å². The van der Waals surface area contributed by atoms with Crippen molar-refractivity contribution >= 4 is 38.7 Å². The molecule has 2 heterocycles. The fourth-order valence-corrected chi connectivity index (χ4v) is 2.53. The maximum absolute atomic E-state index is 12.2. The summed E-state index contributed by atoms with van der Waals surface area (Å²) in [5.41, 5.74) is 0.666. The Balaban J connectivity index is 2.85. The largest absolute Gasteiger partial charge is 0.289 e. The number of halogens is 1. The molecule has 0 N–H and O–H groups in total. The molecule has 0 saturated carbocycles. The summed E-state index contributed by atoms with van der Waals surface area (Å²) in [6, 6.07) is 1.89. The smallest absolute Gasteiger partial charge is 0.266 e. The molecule has 0 amide bonds. The van der Waals surface area contributed by atoms with Gasteiger partial charge < -0.3 is 0 Å². The third-order valence-corrected chi connectivity index (χ3v) is 4.05. The molecule has 0 radical (unpaired) electrons. The Morgan fingerprint density at radius 3 is 2.89 bits per heavy atom. The topological polar surface area (TPSA) is 47.8 Å². The van der Waals surface area contributed by atoms with Crippen LogP contribution in [0.3, 0.4) is 0 Å². The third kappa shape index (κ3) is 2.31. The molecular weight excluding hydrogens is 314 g/mol. The highest BCUT2D eigenvalue weighted by atomic mass is 79.9. The lowest BCUT2D eigenvalue weighted by molar-refractivity contribution is 0.525. The van der Waals surface area contributed by atoms with Crippen molar-refractivity contribution in [2.24, 2.45) is 0 Å². The number of pyridine rings is 1. The molecule has 4 nitrogen and oxygen atoms in total. The third-order valence-electron chi connectivity index (χ3n) is 2.92. The predicted octanol–water partition coefficient (Wildman–Crippen LogP) is 3.25. The fourth-order valence-electron chi connectivity index (χ4n) is 1.76. The molecule has 96 valence electrons. The van der Waals surface area contributed by atoms with Crippen LogP contribution >= 0.6 is 27.7 Å². The van der Waals surface area contributed by atoms with Gasteiger partial charge in [-0.15, -0.1) is 0 Å². The average molecular weight is 328 g/mol. The second kappa shape index (κ2) is 5.40. The first kappa shape index (κ1) is 13.5. The minimum absolute atomic E-state index is 0.0393. The minimum atomic E-state index is -0.0393. The van der Waals surface area contributed by atoms with E-state index >= 15 is 0 Å². The van der Waals surface area contributed by atoms with Crippen LogP contribution in [0, 0.1) is 0 Å². The first-order chi connectivity index (χ1) is 8.58. The number of hydrogen-bond acceptors (Lipinski definition) is 4. The molecular formula is C12H14BrN3OS. The highest BCUT2D eigenvalue weighted by Gasteiger charge is 2.14. The lowest BCUT2D eigenvalue weighted by atomic mass is 10.2. The Hall–Kier alpha value is -0.880. The van der Waals surface area contributed by atoms with Crippen molar-refractivity contribution in [2.75, 3.05) is 6.26 Å². The highest BCUT2D eigenvalue weighted by Crippen LogP contribution is 2.21. The summed E-state index contributed by atoms with van der Waals surface area (Å²) in [7, 11) is 0. The van der Waals surface area contributed by atoms with Crippen molar-refractivity contribution in [3.63, 3.8) is 0 Å². The van der Waals surface area contributed by atoms with Crippen molar-refractivity contribution in [2.45, 2.75) is 31.5 Å². The first-order valence-electron chi connectivity index (χ1n) is 5.70. The van der Waals surface area contributed by atoms with Crippen LogP contribution in [0.25, 0.3) is 11.0 Å². The van der Waals surface area contributed by atoms with Crippen LogP contribution in [-0.4, -0.2) is 20.8 Å². The normalized spacial score (nSPS) is 12.9. The van der Waals surface area contributed by atoms with Gasteiger partial charge >= 0.3 is 0 Å². The summed E-state index contributed by atoms with van der Waals surface area (Å²) >= 11 is 4.78. The molecule has 0 aliphatic rings. The van der Waals surface area contributed by atoms with Crippen LogP contribution < -0.4 is 5.56 Å². The van der Waals surface area contributed by atoms with Crippen molar-refractivity contribution in [1.82, 2.24) is 14.5 Å². The molecule has 0 aliphatic carbocycles. The number of thioether (sulfide) groups is 1. The molecule has 1 atom stereocenters. The Bertz CT molecular complexity index is 641. The highest BCUT2D eigenvalue weighted by molar-refractivity contribution is 9.10. The van der Waals surface area contributed by atoms with Crippen molar-refractivity contribution in [1.29, 1.82) is 0 Å². The van der Waals surface area contributed by atoms with Gasteiger partial charge in [0, 0.05) is 17.6 Å². The number of rotatable bonds is 3. The quantitative estimate of drug-likeness (QED) is 0.641. The molecule has 0 bridgehead atoms. The van der Waals surface area contributed by atoms with E-state index < -0.39 is 0 Å². The molecule has 0 fully saturated rings. The summed E-state index contributed by atoms with van der Waals surface area (Å²) in [6.07, 6.45) is 4.56. The zero-order valence-electron chi connectivity index (χ0n) is 10.5. The Labute approximate surface area is 118 Å². The SMILES string of the molecule is CC[C@@H](C)n1c(=O)c(Br)cc2cnc(SC)nc21. The second-order valence-corrected chi connectivity index (χ2v) is 5.69. The zero-order valence-corrected chi connectivity index (χ0v) is 12.9. The predicted molar refractivity (Wildman–Crippen MR) is 78.3 cm³/mol. The van der Waals surface area contributed by atoms with Crippen LogP contribution in [0.4, 0.5) is 0 Å². The summed E-state index contributed by atoms with van der Waals surface area (Å²) in [5, 5.41) is 1.56. The first-order valence-corrected chi connectivity index (χ1v) is 7.72. The van der Waals surface area contributed by atoms with E-state index in [1.54, 1.807) is 16.8 Å². The molecule has 0 aromatic carbocycles. The molecule has 18 heavy (non-hydrogen) atoms. The maximum atomic E-state index is 12.2. The molecule has 6 heteroatoms. The van der Waals surface area contributed by atoms with Crippen LogP contribution in [0.1, 0.15) is 26.3 Å². The van der Waals surface area contributed by atoms with Gasteiger partial charge in [-0.3, -0.25) is 9.36 Å². The van der Waals surface area contributed by atoms with Gasteiger partial charge in [0.05, 0.1) is 4.47 Å². The van der Waals surface area contributed by atoms with Crippen LogP contribution in [0.15, 0.2) is 26.7 Å². The lowest BCUT2D eigenvalue weighted by Gasteiger charge is -2.16. The summed E-state index contributed by atoms with van der Waals surface area (Å²) in [4.78, 5) is 20.9. The molecule has 0 saturated heterocycles. The van der Waals surface area contributed by atoms with E-state index in [-0.39, 0.29) is 11.6 Å². The van der Waals surface area contributed by atoms with Gasteiger partial charge in [-0.2, -0.15) is 0 Å². The van der Waals surface area contributed by atoms with E-state index in [1.165, 1.54) is 11.8 Å². The summed E-state index contributed by atoms with van der Waals surface area (Å²) in [6.45, 7) is 4.08. The monoisotopic (exact) mass is 327 g/mol. The van der Waals surface area contributed by atoms with Gasteiger partial charge in [0.15, 0.2) is 5.16 Å². The average Bonchev–Trinajstić information content (AvgIpc) is 2.39. The number of fused-ring (bicyclic) bond motifs is 1. The molecule has 2 aromatic heterocycles. The van der Waals surface area contributed by atoms with Crippen LogP contribution in [0.2, 0.25) is 0 Å². The lowest BCUT2D eigenvalue weighted by Crippen LogP contribution is -2.24. The van der Waals surface area contributed by atoms with E-state index in [0.29, 0.717) is 15.3 Å². The maximum Gasteiger partial charge on any atom is 0.266 e. The number of nitrogens with zero attached hydrogens (tertiary/aromatic N) is 3. The Morgan fingerprint density at radius 2 is 2.28 bits per heavy atom. The standard InChI is InChI=1S/C12H14BrN3OS/c1-4-7(2)16-10-8(5-9(13)11(16)17)6-14-12(15-10)18-3/h5-7H,4H2,1-3H3/t7-/m1/s1. The van der Waals surface area contributed by atoms with Gasteiger partial charge in [0.2, 0.25) is 0 Å². The van der Waals surface area contributed by atoms with Gasteiger partial charge in [-0.25, -0.2) is 9.97 Å². The molecule has 0 spiro atoms. The van der Waals surface area contributed by atoms with E-state index in [2.05, 4.69) is 32.8 Å². The second-order valence-electron chi connectivity index (χ2n) is 4.06. The number of hydrogen-bond donors (Lipinski definition) is 0. The molecule has 0 aliphatic heterocycles. The fraction of sp³-hybridized carbons (Fsp3) is 0.417. The zero-order chi connectivity index (χ0) is 13.3. The molecule has 0 unspecified atom stereocenters. The summed E-state index contributed by atoms with van der Waals surface area (Å²) in [5.74, 6) is 0. The van der Waals surface area contributed by atoms with Crippen molar-refractivity contribution in [3.8, 4) is 0 Å². The van der Waals surface area contributed by atoms with Gasteiger partial charge in [-0.05, 0) is 41.6 Å². The summed E-state index contributed by atoms with van der Waals surface area (Å²) < 4.78 is 2.29. The number of aromatic nitrogens is 3. The molecule has 2 rings (SSSR count). The van der Waals surface area contributed by atoms with Crippen LogP contribution in [-0.2, 0) is 0 Å². The van der Waals surface area contributed by atoms with Crippen LogP contribution in [0.5, 0.6) is 0 Å². The Morgan fingerprint density at radius 1 is 1.56 bits per heavy atom. The van der Waals surface area contributed by atoms with Gasteiger partial charge in [0.25, 0.3) is 5.56 Å². The van der Waals surface area contributed by atoms with Gasteiger partial charge in [-0.1, -0.05) is 18.7 Å². The van der Waals surface area contributed by atoms with Crippen molar-refractivity contribution < 1.29 is 0 Å². The van der Waals surface area contributed by atoms with E-state index in [0.717, 1.165) is 11.8 Å². The van der Waals surface area contributed by atoms with Crippen molar-refractivity contribution in [3.05, 3.63) is 27.1 Å². The molecule has 2 aromatic rings. The van der Waals surface area contributed by atoms with E-state index in [1.807, 2.05) is 13.2 Å². The van der Waals surface area contributed by atoms with E-state index in [4.69, 9.17) is 0 Å². The Kier molecular flexibility index (Phi) is 4.07. The minimum Gasteiger partial charge on any atom is -0.289 e.